The van der Waals surface area contributed by atoms with E-state index in [-0.39, 0.29) is 42.8 Å². The van der Waals surface area contributed by atoms with Gasteiger partial charge in [-0.05, 0) is 12.8 Å². The van der Waals surface area contributed by atoms with Crippen LogP contribution in [0.5, 0.6) is 0 Å². The molecule has 0 spiro atoms. The third-order valence-corrected chi connectivity index (χ3v) is 8.56. The van der Waals surface area contributed by atoms with Crippen molar-refractivity contribution in [3.05, 3.63) is 0 Å². The topological polar surface area (TPSA) is 107 Å². The molecule has 1 radical (unpaired) electrons. The van der Waals surface area contributed by atoms with Crippen LogP contribution in [0.4, 0.5) is 0 Å². The summed E-state index contributed by atoms with van der Waals surface area (Å²) in [6.07, 6.45) is 27.6. The molecule has 0 saturated carbocycles. The Morgan fingerprint density at radius 3 is 1.15 bits per heavy atom. The summed E-state index contributed by atoms with van der Waals surface area (Å²) in [5.41, 5.74) is 0. The summed E-state index contributed by atoms with van der Waals surface area (Å²) in [4.78, 5) is 24.3. The van der Waals surface area contributed by atoms with Crippen molar-refractivity contribution in [3.8, 4) is 0 Å². The number of esters is 2. The Balaban J connectivity index is 0. The van der Waals surface area contributed by atoms with Gasteiger partial charge in [0, 0.05) is 29.6 Å². The van der Waals surface area contributed by atoms with Crippen LogP contribution in [0.25, 0.3) is 0 Å². The van der Waals surface area contributed by atoms with Crippen LogP contribution < -0.4 is 0 Å². The molecule has 0 aliphatic carbocycles. The maximum atomic E-state index is 12.2. The van der Waals surface area contributed by atoms with Crippen LogP contribution >= 0.6 is 0 Å². The second-order valence-electron chi connectivity index (χ2n) is 11.4. The molecule has 239 valence electrons. The van der Waals surface area contributed by atoms with E-state index in [1.54, 1.807) is 0 Å². The van der Waals surface area contributed by atoms with E-state index in [2.05, 4.69) is 13.8 Å². The van der Waals surface area contributed by atoms with Crippen molar-refractivity contribution in [2.24, 2.45) is 0 Å². The third kappa shape index (κ3) is 29.7. The van der Waals surface area contributed by atoms with E-state index < -0.39 is 33.7 Å². The number of ether oxygens (including phenoxy) is 2. The maximum Gasteiger partial charge on any atom is 0.327 e. The standard InChI is InChI=1S/C32H62O7S.Na/c1-3-5-7-9-11-13-15-17-19-21-23-25-27-38-31(33)29-30(40(35,36)37)32(34)39-28-26-24-22-20-18-16-14-12-10-8-6-4-2;/h30H,3-29H2,1-2H3,(H,35,36,37);. The van der Waals surface area contributed by atoms with Gasteiger partial charge in [-0.25, -0.2) is 0 Å². The van der Waals surface area contributed by atoms with E-state index in [9.17, 15) is 22.6 Å². The molecule has 0 aromatic heterocycles. The Bertz CT molecular complexity index is 700. The van der Waals surface area contributed by atoms with Crippen molar-refractivity contribution < 1.29 is 32.0 Å². The molecule has 9 heteroatoms. The van der Waals surface area contributed by atoms with Crippen LogP contribution in [0, 0.1) is 0 Å². The number of rotatable bonds is 30. The number of carbonyl (C=O) groups excluding carboxylic acids is 2. The molecule has 0 rings (SSSR count). The van der Waals surface area contributed by atoms with Crippen LogP contribution in [0.3, 0.4) is 0 Å². The first kappa shape index (κ1) is 43.0. The molecule has 0 aliphatic heterocycles. The zero-order chi connectivity index (χ0) is 29.7. The van der Waals surface area contributed by atoms with Crippen LogP contribution in [-0.4, -0.2) is 72.9 Å². The molecule has 0 amide bonds. The zero-order valence-corrected chi connectivity index (χ0v) is 29.8. The largest absolute Gasteiger partial charge is 0.466 e. The summed E-state index contributed by atoms with van der Waals surface area (Å²) in [7, 11) is -4.76. The Morgan fingerprint density at radius 2 is 0.829 bits per heavy atom. The molecule has 0 aliphatic rings. The second kappa shape index (κ2) is 31.3. The smallest absolute Gasteiger partial charge is 0.327 e. The monoisotopic (exact) mass is 613 g/mol. The first-order valence-corrected chi connectivity index (χ1v) is 18.1. The van der Waals surface area contributed by atoms with Crippen molar-refractivity contribution in [2.75, 3.05) is 13.2 Å². The van der Waals surface area contributed by atoms with Crippen LogP contribution in [0.1, 0.15) is 174 Å². The number of hydrogen-bond acceptors (Lipinski definition) is 6. The van der Waals surface area contributed by atoms with E-state index in [0.717, 1.165) is 32.1 Å². The van der Waals surface area contributed by atoms with E-state index in [4.69, 9.17) is 9.47 Å². The molecule has 0 bridgehead atoms. The molecule has 0 saturated heterocycles. The molecule has 1 atom stereocenters. The molecule has 7 nitrogen and oxygen atoms in total. The average molecular weight is 614 g/mol. The normalized spacial score (nSPS) is 12.1. The van der Waals surface area contributed by atoms with E-state index >= 15 is 0 Å². The van der Waals surface area contributed by atoms with Gasteiger partial charge in [0.15, 0.2) is 5.25 Å². The minimum atomic E-state index is -4.76. The summed E-state index contributed by atoms with van der Waals surface area (Å²) in [5, 5.41) is -1.93. The van der Waals surface area contributed by atoms with Gasteiger partial charge >= 0.3 is 11.9 Å². The molecular formula is C32H62NaO7S. The van der Waals surface area contributed by atoms with E-state index in [1.807, 2.05) is 0 Å². The van der Waals surface area contributed by atoms with Gasteiger partial charge < -0.3 is 9.47 Å². The molecule has 0 aromatic rings. The van der Waals surface area contributed by atoms with Gasteiger partial charge in [0.1, 0.15) is 0 Å². The minimum absolute atomic E-state index is 0. The van der Waals surface area contributed by atoms with Crippen molar-refractivity contribution in [1.82, 2.24) is 0 Å². The second-order valence-corrected chi connectivity index (χ2v) is 13.0. The molecule has 0 fully saturated rings. The number of hydrogen-bond donors (Lipinski definition) is 1. The maximum absolute atomic E-state index is 12.2. The van der Waals surface area contributed by atoms with Crippen molar-refractivity contribution in [1.29, 1.82) is 0 Å². The molecular weight excluding hydrogens is 551 g/mol. The third-order valence-electron chi connectivity index (χ3n) is 7.48. The van der Waals surface area contributed by atoms with Crippen LogP contribution in [-0.2, 0) is 29.2 Å². The Labute approximate surface area is 275 Å². The fourth-order valence-corrected chi connectivity index (χ4v) is 5.52. The van der Waals surface area contributed by atoms with Gasteiger partial charge in [0.2, 0.25) is 0 Å². The Kier molecular flexibility index (Phi) is 32.8. The van der Waals surface area contributed by atoms with Crippen molar-refractivity contribution >= 4 is 51.6 Å². The van der Waals surface area contributed by atoms with Crippen molar-refractivity contribution in [2.45, 2.75) is 180 Å². The predicted molar refractivity (Wildman–Crippen MR) is 170 cm³/mol. The first-order chi connectivity index (χ1) is 19.3. The summed E-state index contributed by atoms with van der Waals surface area (Å²) in [5.74, 6) is -1.90. The van der Waals surface area contributed by atoms with Gasteiger partial charge in [0.25, 0.3) is 10.1 Å². The van der Waals surface area contributed by atoms with Gasteiger partial charge in [-0.3, -0.25) is 14.1 Å². The average Bonchev–Trinajstić information content (AvgIpc) is 2.91. The predicted octanol–water partition coefficient (Wildman–Crippen LogP) is 8.74. The summed E-state index contributed by atoms with van der Waals surface area (Å²) >= 11 is 0. The zero-order valence-electron chi connectivity index (χ0n) is 27.0. The molecule has 0 aromatic carbocycles. The fourth-order valence-electron chi connectivity index (χ4n) is 4.86. The van der Waals surface area contributed by atoms with Gasteiger partial charge in [-0.1, -0.05) is 155 Å². The van der Waals surface area contributed by atoms with Gasteiger partial charge in [-0.15, -0.1) is 0 Å². The summed E-state index contributed by atoms with van der Waals surface area (Å²) in [6.45, 7) is 4.72. The van der Waals surface area contributed by atoms with Gasteiger partial charge in [0.05, 0.1) is 19.6 Å². The van der Waals surface area contributed by atoms with Crippen molar-refractivity contribution in [3.63, 3.8) is 0 Å². The molecule has 1 unspecified atom stereocenters. The molecule has 0 heterocycles. The van der Waals surface area contributed by atoms with E-state index in [1.165, 1.54) is 109 Å². The Hall–Kier alpha value is -0.150. The summed E-state index contributed by atoms with van der Waals surface area (Å²) < 4.78 is 43.0. The van der Waals surface area contributed by atoms with E-state index in [0.29, 0.717) is 12.8 Å². The Morgan fingerprint density at radius 1 is 0.537 bits per heavy atom. The number of carbonyl (C=O) groups is 2. The van der Waals surface area contributed by atoms with Crippen LogP contribution in [0.15, 0.2) is 0 Å². The quantitative estimate of drug-likeness (QED) is 0.0373. The molecule has 41 heavy (non-hydrogen) atoms. The van der Waals surface area contributed by atoms with Gasteiger partial charge in [-0.2, -0.15) is 8.42 Å². The van der Waals surface area contributed by atoms with Crippen LogP contribution in [0.2, 0.25) is 0 Å². The summed E-state index contributed by atoms with van der Waals surface area (Å²) in [6, 6.07) is 0. The minimum Gasteiger partial charge on any atom is -0.466 e. The first-order valence-electron chi connectivity index (χ1n) is 16.6. The molecule has 1 N–H and O–H groups in total. The SMILES string of the molecule is CCCCCCCCCCCCCCOC(=O)CC(C(=O)OCCCCCCCCCCCCCC)S(=O)(=O)O.[Na]. The number of unbranched alkanes of at least 4 members (excludes halogenated alkanes) is 22. The fraction of sp³-hybridized carbons (Fsp3) is 0.938.